The second-order valence-corrected chi connectivity index (χ2v) is 10.2. The number of ether oxygens (including phenoxy) is 1. The minimum atomic E-state index is -3.51. The maximum atomic E-state index is 12.7. The van der Waals surface area contributed by atoms with Crippen molar-refractivity contribution in [2.45, 2.75) is 17.7 Å². The number of fused-ring (bicyclic) bond motifs is 1. The fourth-order valence-corrected chi connectivity index (χ4v) is 5.24. The van der Waals surface area contributed by atoms with Crippen molar-refractivity contribution in [3.05, 3.63) is 64.3 Å². The molecular weight excluding hydrogens is 496 g/mol. The van der Waals surface area contributed by atoms with Gasteiger partial charge in [0.1, 0.15) is 0 Å². The molecule has 2 aromatic carbocycles. The van der Waals surface area contributed by atoms with Crippen molar-refractivity contribution >= 4 is 49.0 Å². The Hall–Kier alpha value is -2.53. The van der Waals surface area contributed by atoms with Gasteiger partial charge in [-0.2, -0.15) is 9.41 Å². The molecule has 0 aliphatic carbocycles. The Morgan fingerprint density at radius 1 is 1.19 bits per heavy atom. The highest BCUT2D eigenvalue weighted by Crippen LogP contribution is 2.21. The summed E-state index contributed by atoms with van der Waals surface area (Å²) in [6, 6.07) is 12.6. The van der Waals surface area contributed by atoms with Crippen LogP contribution < -0.4 is 5.43 Å². The number of H-pyrrole nitrogens is 1. The van der Waals surface area contributed by atoms with E-state index in [1.165, 1.54) is 4.31 Å². The van der Waals surface area contributed by atoms with Crippen LogP contribution in [-0.2, 0) is 26.0 Å². The quantitative estimate of drug-likeness (QED) is 0.370. The van der Waals surface area contributed by atoms with E-state index in [2.05, 4.69) is 31.4 Å². The first kappa shape index (κ1) is 22.7. The number of aromatic nitrogens is 1. The van der Waals surface area contributed by atoms with Gasteiger partial charge in [0.05, 0.1) is 24.3 Å². The van der Waals surface area contributed by atoms with Crippen LogP contribution in [0.4, 0.5) is 0 Å². The second kappa shape index (κ2) is 9.95. The van der Waals surface area contributed by atoms with E-state index in [4.69, 9.17) is 4.74 Å². The van der Waals surface area contributed by atoms with Crippen LogP contribution in [0.25, 0.3) is 10.9 Å². The summed E-state index contributed by atoms with van der Waals surface area (Å²) in [4.78, 5) is 15.6. The standard InChI is InChI=1S/C22H23BrN4O4S/c23-18-4-7-21-20(13-18)17(14-24-21)15-25-26-22(28)8-3-16-1-5-19(6-2-16)32(29,30)27-9-11-31-12-10-27/h1-2,4-7,13-15,24H,3,8-12H2,(H,26,28)/b25-15-. The van der Waals surface area contributed by atoms with E-state index in [1.807, 2.05) is 24.4 Å². The van der Waals surface area contributed by atoms with Crippen LogP contribution in [0.1, 0.15) is 17.5 Å². The monoisotopic (exact) mass is 518 g/mol. The molecule has 0 spiro atoms. The number of morpholine rings is 1. The summed E-state index contributed by atoms with van der Waals surface area (Å²) in [7, 11) is -3.51. The van der Waals surface area contributed by atoms with Gasteiger partial charge < -0.3 is 9.72 Å². The number of hydrazone groups is 1. The fraction of sp³-hybridized carbons (Fsp3) is 0.273. The van der Waals surface area contributed by atoms with Crippen molar-refractivity contribution in [3.63, 3.8) is 0 Å². The van der Waals surface area contributed by atoms with Gasteiger partial charge in [0.2, 0.25) is 15.9 Å². The Morgan fingerprint density at radius 2 is 1.94 bits per heavy atom. The van der Waals surface area contributed by atoms with E-state index >= 15 is 0 Å². The molecule has 0 bridgehead atoms. The number of nitrogens with zero attached hydrogens (tertiary/aromatic N) is 2. The van der Waals surface area contributed by atoms with Gasteiger partial charge in [0.25, 0.3) is 0 Å². The van der Waals surface area contributed by atoms with Gasteiger partial charge in [-0.3, -0.25) is 4.79 Å². The van der Waals surface area contributed by atoms with Crippen LogP contribution in [0.15, 0.2) is 63.1 Å². The summed E-state index contributed by atoms with van der Waals surface area (Å²) in [5.74, 6) is -0.215. The van der Waals surface area contributed by atoms with E-state index in [1.54, 1.807) is 30.5 Å². The van der Waals surface area contributed by atoms with E-state index in [0.29, 0.717) is 32.7 Å². The molecule has 1 aliphatic heterocycles. The molecule has 32 heavy (non-hydrogen) atoms. The number of carbonyl (C=O) groups is 1. The first-order valence-corrected chi connectivity index (χ1v) is 12.4. The van der Waals surface area contributed by atoms with Crippen molar-refractivity contribution in [1.82, 2.24) is 14.7 Å². The third-order valence-electron chi connectivity index (χ3n) is 5.24. The first-order valence-electron chi connectivity index (χ1n) is 10.2. The Labute approximate surface area is 194 Å². The highest BCUT2D eigenvalue weighted by atomic mass is 79.9. The minimum absolute atomic E-state index is 0.215. The molecule has 4 rings (SSSR count). The van der Waals surface area contributed by atoms with Gasteiger partial charge in [-0.05, 0) is 42.3 Å². The number of benzene rings is 2. The molecule has 2 N–H and O–H groups in total. The highest BCUT2D eigenvalue weighted by molar-refractivity contribution is 9.10. The van der Waals surface area contributed by atoms with Crippen molar-refractivity contribution in [1.29, 1.82) is 0 Å². The Kier molecular flexibility index (Phi) is 7.04. The normalized spacial score (nSPS) is 15.4. The molecule has 0 radical (unpaired) electrons. The van der Waals surface area contributed by atoms with Crippen molar-refractivity contribution in [2.24, 2.45) is 5.10 Å². The molecule has 1 aromatic heterocycles. The van der Waals surface area contributed by atoms with Crippen LogP contribution in [-0.4, -0.2) is 56.1 Å². The summed E-state index contributed by atoms with van der Waals surface area (Å²) >= 11 is 3.45. The molecule has 0 atom stereocenters. The molecule has 1 aliphatic rings. The number of sulfonamides is 1. The Bertz CT molecular complexity index is 1230. The molecule has 1 amide bonds. The fourth-order valence-electron chi connectivity index (χ4n) is 3.47. The average molecular weight is 519 g/mol. The van der Waals surface area contributed by atoms with Crippen LogP contribution in [0.3, 0.4) is 0 Å². The van der Waals surface area contributed by atoms with E-state index in [-0.39, 0.29) is 17.2 Å². The van der Waals surface area contributed by atoms with Crippen LogP contribution in [0.2, 0.25) is 0 Å². The van der Waals surface area contributed by atoms with Gasteiger partial charge >= 0.3 is 0 Å². The molecule has 8 nitrogen and oxygen atoms in total. The number of aromatic amines is 1. The lowest BCUT2D eigenvalue weighted by molar-refractivity contribution is -0.121. The van der Waals surface area contributed by atoms with Crippen molar-refractivity contribution < 1.29 is 17.9 Å². The lowest BCUT2D eigenvalue weighted by Crippen LogP contribution is -2.40. The van der Waals surface area contributed by atoms with Gasteiger partial charge in [-0.1, -0.05) is 28.1 Å². The Morgan fingerprint density at radius 3 is 2.69 bits per heavy atom. The largest absolute Gasteiger partial charge is 0.379 e. The maximum absolute atomic E-state index is 12.7. The van der Waals surface area contributed by atoms with Gasteiger partial charge in [0, 0.05) is 46.6 Å². The number of amides is 1. The minimum Gasteiger partial charge on any atom is -0.379 e. The number of halogens is 1. The molecular formula is C22H23BrN4O4S. The summed E-state index contributed by atoms with van der Waals surface area (Å²) < 4.78 is 33.0. The zero-order valence-corrected chi connectivity index (χ0v) is 19.7. The summed E-state index contributed by atoms with van der Waals surface area (Å²) in [6.45, 7) is 1.54. The molecule has 0 saturated carbocycles. The topological polar surface area (TPSA) is 104 Å². The van der Waals surface area contributed by atoms with Gasteiger partial charge in [0.15, 0.2) is 0 Å². The summed E-state index contributed by atoms with van der Waals surface area (Å²) in [6.07, 6.45) is 4.17. The lowest BCUT2D eigenvalue weighted by atomic mass is 10.1. The molecule has 1 fully saturated rings. The SMILES string of the molecule is O=C(CCc1ccc(S(=O)(=O)N2CCOCC2)cc1)N/N=C\c1c[nH]c2ccc(Br)cc12. The molecule has 0 unspecified atom stereocenters. The molecule has 10 heteroatoms. The van der Waals surface area contributed by atoms with Gasteiger partial charge in [-0.15, -0.1) is 0 Å². The van der Waals surface area contributed by atoms with E-state index in [0.717, 1.165) is 26.5 Å². The molecule has 1 saturated heterocycles. The van der Waals surface area contributed by atoms with Gasteiger partial charge in [-0.25, -0.2) is 13.8 Å². The zero-order valence-electron chi connectivity index (χ0n) is 17.3. The lowest BCUT2D eigenvalue weighted by Gasteiger charge is -2.26. The predicted octanol–water partition coefficient (Wildman–Crippen LogP) is 3.03. The van der Waals surface area contributed by atoms with Crippen LogP contribution in [0.5, 0.6) is 0 Å². The Balaban J connectivity index is 1.30. The number of hydrogen-bond acceptors (Lipinski definition) is 5. The predicted molar refractivity (Wildman–Crippen MR) is 126 cm³/mol. The molecule has 168 valence electrons. The third kappa shape index (κ3) is 5.26. The summed E-state index contributed by atoms with van der Waals surface area (Å²) in [5.41, 5.74) is 5.28. The van der Waals surface area contributed by atoms with Crippen molar-refractivity contribution in [2.75, 3.05) is 26.3 Å². The molecule has 3 aromatic rings. The first-order chi connectivity index (χ1) is 15.4. The zero-order chi connectivity index (χ0) is 22.6. The van der Waals surface area contributed by atoms with Crippen molar-refractivity contribution in [3.8, 4) is 0 Å². The second-order valence-electron chi connectivity index (χ2n) is 7.39. The number of carbonyl (C=O) groups excluding carboxylic acids is 1. The number of rotatable bonds is 7. The maximum Gasteiger partial charge on any atom is 0.243 e. The number of aryl methyl sites for hydroxylation is 1. The van der Waals surface area contributed by atoms with Crippen LogP contribution in [0, 0.1) is 0 Å². The van der Waals surface area contributed by atoms with E-state index < -0.39 is 10.0 Å². The highest BCUT2D eigenvalue weighted by Gasteiger charge is 2.26. The average Bonchev–Trinajstić information content (AvgIpc) is 3.20. The summed E-state index contributed by atoms with van der Waals surface area (Å²) in [5, 5.41) is 5.05. The van der Waals surface area contributed by atoms with Crippen LogP contribution >= 0.6 is 15.9 Å². The third-order valence-corrected chi connectivity index (χ3v) is 7.65. The number of nitrogens with one attached hydrogen (secondary N) is 2. The smallest absolute Gasteiger partial charge is 0.243 e. The molecule has 2 heterocycles. The number of hydrogen-bond donors (Lipinski definition) is 2. The van der Waals surface area contributed by atoms with E-state index in [9.17, 15) is 13.2 Å².